The molecule has 0 spiro atoms. The van der Waals surface area contributed by atoms with Crippen molar-refractivity contribution in [1.82, 2.24) is 4.90 Å². The molecule has 42 heavy (non-hydrogen) atoms. The number of anilines is 2. The highest BCUT2D eigenvalue weighted by molar-refractivity contribution is 6.01. The van der Waals surface area contributed by atoms with E-state index in [2.05, 4.69) is 6.92 Å². The maximum atomic E-state index is 12.7. The Morgan fingerprint density at radius 2 is 1.33 bits per heavy atom. The van der Waals surface area contributed by atoms with E-state index in [9.17, 15) is 19.8 Å². The van der Waals surface area contributed by atoms with Crippen molar-refractivity contribution in [3.05, 3.63) is 45.8 Å². The van der Waals surface area contributed by atoms with Gasteiger partial charge in [-0.05, 0) is 57.4 Å². The Morgan fingerprint density at radius 3 is 1.79 bits per heavy atom. The maximum Gasteiger partial charge on any atom is 0.334 e. The van der Waals surface area contributed by atoms with Crippen LogP contribution >= 0.6 is 0 Å². The molecule has 0 aliphatic carbocycles. The first-order chi connectivity index (χ1) is 19.9. The summed E-state index contributed by atoms with van der Waals surface area (Å²) in [6.45, 7) is 9.81. The number of carbonyl (C=O) groups is 2. The fourth-order valence-corrected chi connectivity index (χ4v) is 6.58. The maximum absolute atomic E-state index is 12.7. The van der Waals surface area contributed by atoms with Crippen LogP contribution in [0.2, 0.25) is 0 Å². The van der Waals surface area contributed by atoms with Gasteiger partial charge in [-0.25, -0.2) is 9.59 Å². The summed E-state index contributed by atoms with van der Waals surface area (Å²) < 4.78 is 6.15. The molecule has 1 aliphatic rings. The summed E-state index contributed by atoms with van der Waals surface area (Å²) in [6.07, 6.45) is 15.0. The molecule has 0 saturated carbocycles. The van der Waals surface area contributed by atoms with E-state index in [1.54, 1.807) is 44.9 Å². The third-order valence-electron chi connectivity index (χ3n) is 8.97. The molecular weight excluding hydrogens is 530 g/mol. The van der Waals surface area contributed by atoms with Crippen LogP contribution in [0.25, 0.3) is 0 Å². The molecule has 0 amide bonds. The number of hydrogen-bond donors (Lipinski definition) is 4. The zero-order valence-corrected chi connectivity index (χ0v) is 26.9. The van der Waals surface area contributed by atoms with Crippen LogP contribution in [-0.2, 0) is 26.2 Å². The predicted octanol–water partition coefficient (Wildman–Crippen LogP) is 7.42. The lowest BCUT2D eigenvalue weighted by atomic mass is 9.65. The number of ether oxygens (including phenoxy) is 1. The number of benzene rings is 1. The number of carboxylic acid groups (broad SMARTS) is 2. The number of carboxylic acids is 2. The molecule has 1 heterocycles. The lowest BCUT2D eigenvalue weighted by molar-refractivity contribution is -0.134. The molecule has 8 nitrogen and oxygen atoms in total. The van der Waals surface area contributed by atoms with Gasteiger partial charge in [0.25, 0.3) is 0 Å². The molecule has 0 aromatic heterocycles. The van der Waals surface area contributed by atoms with E-state index in [4.69, 9.17) is 16.2 Å². The van der Waals surface area contributed by atoms with E-state index in [0.29, 0.717) is 46.9 Å². The van der Waals surface area contributed by atoms with E-state index in [-0.39, 0.29) is 17.3 Å². The number of hydrogen-bond acceptors (Lipinski definition) is 6. The third-order valence-corrected chi connectivity index (χ3v) is 8.97. The topological polar surface area (TPSA) is 139 Å². The zero-order valence-electron chi connectivity index (χ0n) is 26.9. The van der Waals surface area contributed by atoms with E-state index in [0.717, 1.165) is 19.3 Å². The first-order valence-electron chi connectivity index (χ1n) is 15.8. The summed E-state index contributed by atoms with van der Waals surface area (Å²) in [7, 11) is 1.68. The molecule has 0 saturated heterocycles. The number of nitrogens with zero attached hydrogens (tertiary/aromatic N) is 1. The normalized spacial score (nSPS) is 15.8. The molecular formula is C34H55N3O5. The minimum atomic E-state index is -1.48. The van der Waals surface area contributed by atoms with Crippen LogP contribution in [0.3, 0.4) is 0 Å². The molecule has 0 radical (unpaired) electrons. The van der Waals surface area contributed by atoms with Gasteiger partial charge < -0.3 is 31.3 Å². The fraction of sp³-hybridized carbons (Fsp3) is 0.647. The smallest absolute Gasteiger partial charge is 0.334 e. The summed E-state index contributed by atoms with van der Waals surface area (Å²) in [6, 6.07) is 3.35. The second kappa shape index (κ2) is 16.6. The first kappa shape index (κ1) is 35.2. The number of aliphatic carboxylic acids is 2. The van der Waals surface area contributed by atoms with Gasteiger partial charge in [0.2, 0.25) is 0 Å². The SMILES string of the molecule is CCCCCCCCCCCCCC(Cc1c(N)cc(N)cc1C1(C)C(C(=O)O)=C(C)N(C)C(C)=C1C(=O)O)OCC. The molecule has 0 fully saturated rings. The molecule has 6 N–H and O–H groups in total. The van der Waals surface area contributed by atoms with Crippen LogP contribution in [0.15, 0.2) is 34.7 Å². The highest BCUT2D eigenvalue weighted by Gasteiger charge is 2.49. The van der Waals surface area contributed by atoms with Gasteiger partial charge >= 0.3 is 11.9 Å². The Hall–Kier alpha value is -3.00. The average Bonchev–Trinajstić information content (AvgIpc) is 2.91. The van der Waals surface area contributed by atoms with Gasteiger partial charge in [-0.2, -0.15) is 0 Å². The molecule has 1 aliphatic heterocycles. The molecule has 236 valence electrons. The highest BCUT2D eigenvalue weighted by Crippen LogP contribution is 2.49. The first-order valence-corrected chi connectivity index (χ1v) is 15.8. The zero-order chi connectivity index (χ0) is 31.4. The van der Waals surface area contributed by atoms with Crippen molar-refractivity contribution in [2.75, 3.05) is 25.1 Å². The van der Waals surface area contributed by atoms with Crippen molar-refractivity contribution in [3.63, 3.8) is 0 Å². The van der Waals surface area contributed by atoms with Gasteiger partial charge in [0.15, 0.2) is 0 Å². The molecule has 1 unspecified atom stereocenters. The number of nitrogens with two attached hydrogens (primary N) is 2. The van der Waals surface area contributed by atoms with Crippen LogP contribution in [-0.4, -0.2) is 46.8 Å². The summed E-state index contributed by atoms with van der Waals surface area (Å²) in [5, 5.41) is 20.8. The Kier molecular flexibility index (Phi) is 13.9. The number of allylic oxidation sites excluding steroid dienone is 2. The predicted molar refractivity (Wildman–Crippen MR) is 171 cm³/mol. The Balaban J connectivity index is 2.29. The molecule has 8 heteroatoms. The van der Waals surface area contributed by atoms with Crippen molar-refractivity contribution in [2.45, 2.75) is 130 Å². The molecule has 2 rings (SSSR count). The summed E-state index contributed by atoms with van der Waals surface area (Å²) >= 11 is 0. The standard InChI is InChI=1S/C34H55N3O5/c1-7-9-10-11-12-13-14-15-16-17-18-19-26(42-8-2)22-27-28(20-25(35)21-29(27)36)34(5)30(32(38)39)23(3)37(6)24(4)31(34)33(40)41/h20-21,26H,7-19,22,35-36H2,1-6H3,(H,38,39)(H,40,41). The van der Waals surface area contributed by atoms with Crippen LogP contribution in [0.1, 0.15) is 123 Å². The van der Waals surface area contributed by atoms with Crippen LogP contribution in [0.5, 0.6) is 0 Å². The van der Waals surface area contributed by atoms with Crippen LogP contribution in [0.4, 0.5) is 11.4 Å². The van der Waals surface area contributed by atoms with Gasteiger partial charge in [0, 0.05) is 42.8 Å². The minimum absolute atomic E-state index is 0.00225. The molecule has 1 aromatic carbocycles. The number of rotatable bonds is 19. The highest BCUT2D eigenvalue weighted by atomic mass is 16.5. The third kappa shape index (κ3) is 8.52. The lowest BCUT2D eigenvalue weighted by Gasteiger charge is -2.42. The number of nitrogen functional groups attached to an aromatic ring is 2. The summed E-state index contributed by atoms with van der Waals surface area (Å²) in [4.78, 5) is 27.1. The monoisotopic (exact) mass is 585 g/mol. The quantitative estimate of drug-likeness (QED) is 0.0971. The van der Waals surface area contributed by atoms with Gasteiger partial charge in [0.05, 0.1) is 22.7 Å². The summed E-state index contributed by atoms with van der Waals surface area (Å²) in [5.74, 6) is -2.36. The van der Waals surface area contributed by atoms with Crippen molar-refractivity contribution in [2.24, 2.45) is 0 Å². The number of unbranched alkanes of at least 4 members (excludes halogenated alkanes) is 10. The Labute approximate surface area is 253 Å². The molecule has 1 aromatic rings. The van der Waals surface area contributed by atoms with E-state index in [1.807, 2.05) is 6.92 Å². The Morgan fingerprint density at radius 1 is 0.857 bits per heavy atom. The van der Waals surface area contributed by atoms with Crippen LogP contribution in [0, 0.1) is 0 Å². The van der Waals surface area contributed by atoms with Crippen molar-refractivity contribution in [1.29, 1.82) is 0 Å². The van der Waals surface area contributed by atoms with E-state index >= 15 is 0 Å². The van der Waals surface area contributed by atoms with Gasteiger partial charge in [-0.1, -0.05) is 77.6 Å². The Bertz CT molecular complexity index is 1100. The lowest BCUT2D eigenvalue weighted by Crippen LogP contribution is -2.44. The second-order valence-electron chi connectivity index (χ2n) is 12.0. The average molecular weight is 586 g/mol. The fourth-order valence-electron chi connectivity index (χ4n) is 6.58. The molecule has 0 bridgehead atoms. The van der Waals surface area contributed by atoms with Crippen LogP contribution < -0.4 is 11.5 Å². The second-order valence-corrected chi connectivity index (χ2v) is 12.0. The summed E-state index contributed by atoms with van der Waals surface area (Å²) in [5.41, 5.74) is 14.2. The van der Waals surface area contributed by atoms with E-state index in [1.165, 1.54) is 57.8 Å². The van der Waals surface area contributed by atoms with Gasteiger partial charge in [0.1, 0.15) is 0 Å². The van der Waals surface area contributed by atoms with Gasteiger partial charge in [-0.3, -0.25) is 0 Å². The largest absolute Gasteiger partial charge is 0.478 e. The minimum Gasteiger partial charge on any atom is -0.478 e. The van der Waals surface area contributed by atoms with Gasteiger partial charge in [-0.15, -0.1) is 0 Å². The van der Waals surface area contributed by atoms with E-state index < -0.39 is 17.4 Å². The van der Waals surface area contributed by atoms with Crippen molar-refractivity contribution < 1.29 is 24.5 Å². The van der Waals surface area contributed by atoms with Crippen molar-refractivity contribution in [3.8, 4) is 0 Å². The van der Waals surface area contributed by atoms with Crippen molar-refractivity contribution >= 4 is 23.3 Å². The molecule has 1 atom stereocenters.